The molecule has 4 nitrogen and oxygen atoms in total. The predicted molar refractivity (Wildman–Crippen MR) is 73.2 cm³/mol. The monoisotopic (exact) mass is 255 g/mol. The summed E-state index contributed by atoms with van der Waals surface area (Å²) >= 11 is 0. The molecule has 0 spiro atoms. The largest absolute Gasteiger partial charge is 0.504 e. The molecule has 0 unspecified atom stereocenters. The van der Waals surface area contributed by atoms with Crippen LogP contribution < -0.4 is 4.74 Å². The number of aromatic hydroxyl groups is 1. The van der Waals surface area contributed by atoms with Crippen LogP contribution in [0.4, 0.5) is 0 Å². The van der Waals surface area contributed by atoms with E-state index in [1.54, 1.807) is 24.4 Å². The molecular weight excluding hydrogens is 242 g/mol. The zero-order valence-electron chi connectivity index (χ0n) is 10.4. The Hall–Kier alpha value is -2.62. The molecule has 1 N–H and O–H groups in total. The minimum atomic E-state index is -0.146. The number of methoxy groups -OCH3 is 1. The second-order valence-electron chi connectivity index (χ2n) is 3.87. The van der Waals surface area contributed by atoms with Crippen molar-refractivity contribution in [3.63, 3.8) is 0 Å². The lowest BCUT2D eigenvalue weighted by Crippen LogP contribution is -1.90. The highest BCUT2D eigenvalue weighted by Gasteiger charge is 2.08. The Kier molecular flexibility index (Phi) is 3.93. The number of carbonyl (C=O) groups excluding carboxylic acids is 1. The summed E-state index contributed by atoms with van der Waals surface area (Å²) in [6.45, 7) is 0. The molecular formula is C15H13NO3. The number of carbonyl (C=O) groups is 1. The number of pyridine rings is 1. The Labute approximate surface area is 111 Å². The van der Waals surface area contributed by atoms with Crippen LogP contribution in [0.5, 0.6) is 11.5 Å². The van der Waals surface area contributed by atoms with Gasteiger partial charge in [-0.05, 0) is 35.9 Å². The molecule has 96 valence electrons. The molecule has 4 heteroatoms. The van der Waals surface area contributed by atoms with Crippen LogP contribution in [0, 0.1) is 0 Å². The molecule has 0 bridgehead atoms. The maximum atomic E-state index is 10.9. The number of phenolic OH excluding ortho intramolecular Hbond substituents is 1. The summed E-state index contributed by atoms with van der Waals surface area (Å²) in [6, 6.07) is 8.84. The molecule has 1 heterocycles. The normalized spacial score (nSPS) is 10.6. The van der Waals surface area contributed by atoms with Crippen LogP contribution in [0.25, 0.3) is 12.2 Å². The Bertz CT molecular complexity index is 606. The third-order valence-electron chi connectivity index (χ3n) is 2.61. The third-order valence-corrected chi connectivity index (χ3v) is 2.61. The molecule has 1 aromatic carbocycles. The van der Waals surface area contributed by atoms with Crippen LogP contribution in [0.1, 0.15) is 21.6 Å². The van der Waals surface area contributed by atoms with Crippen molar-refractivity contribution in [1.29, 1.82) is 0 Å². The lowest BCUT2D eigenvalue weighted by Gasteiger charge is -2.06. The Morgan fingerprint density at radius 2 is 2.11 bits per heavy atom. The van der Waals surface area contributed by atoms with Gasteiger partial charge in [-0.1, -0.05) is 12.1 Å². The molecule has 0 amide bonds. The number of hydrogen-bond donors (Lipinski definition) is 1. The Morgan fingerprint density at radius 1 is 1.26 bits per heavy atom. The second-order valence-corrected chi connectivity index (χ2v) is 3.87. The summed E-state index contributed by atoms with van der Waals surface area (Å²) in [5.41, 5.74) is 1.75. The van der Waals surface area contributed by atoms with Gasteiger partial charge in [-0.25, -0.2) is 0 Å². The van der Waals surface area contributed by atoms with E-state index in [1.807, 2.05) is 24.3 Å². The Morgan fingerprint density at radius 3 is 2.74 bits per heavy atom. The number of aldehydes is 1. The van der Waals surface area contributed by atoms with E-state index in [2.05, 4.69) is 4.98 Å². The first-order valence-corrected chi connectivity index (χ1v) is 5.70. The number of ether oxygens (including phenoxy) is 1. The summed E-state index contributed by atoms with van der Waals surface area (Å²) in [5.74, 6) is 0.123. The van der Waals surface area contributed by atoms with E-state index in [0.29, 0.717) is 6.29 Å². The molecule has 19 heavy (non-hydrogen) atoms. The van der Waals surface area contributed by atoms with Crippen molar-refractivity contribution in [2.24, 2.45) is 0 Å². The highest BCUT2D eigenvalue weighted by Crippen LogP contribution is 2.31. The third kappa shape index (κ3) is 2.98. The van der Waals surface area contributed by atoms with Crippen LogP contribution >= 0.6 is 0 Å². The summed E-state index contributed by atoms with van der Waals surface area (Å²) < 4.78 is 5.02. The van der Waals surface area contributed by atoms with Gasteiger partial charge < -0.3 is 9.84 Å². The van der Waals surface area contributed by atoms with Crippen LogP contribution in [0.15, 0.2) is 36.5 Å². The van der Waals surface area contributed by atoms with Gasteiger partial charge in [0.1, 0.15) is 0 Å². The second kappa shape index (κ2) is 5.82. The first-order chi connectivity index (χ1) is 9.24. The van der Waals surface area contributed by atoms with Gasteiger partial charge in [0.25, 0.3) is 0 Å². The SMILES string of the molecule is COc1cc(/C=C/c2ccccn2)cc(C=O)c1O. The molecule has 0 saturated heterocycles. The fourth-order valence-corrected chi connectivity index (χ4v) is 1.65. The van der Waals surface area contributed by atoms with Crippen LogP contribution in [-0.4, -0.2) is 23.5 Å². The maximum Gasteiger partial charge on any atom is 0.168 e. The van der Waals surface area contributed by atoms with E-state index in [-0.39, 0.29) is 17.1 Å². The topological polar surface area (TPSA) is 59.4 Å². The van der Waals surface area contributed by atoms with Crippen molar-refractivity contribution < 1.29 is 14.6 Å². The van der Waals surface area contributed by atoms with E-state index >= 15 is 0 Å². The van der Waals surface area contributed by atoms with Gasteiger partial charge in [0.05, 0.1) is 18.4 Å². The molecule has 2 aromatic rings. The van der Waals surface area contributed by atoms with E-state index in [0.717, 1.165) is 11.3 Å². The number of phenols is 1. The fourth-order valence-electron chi connectivity index (χ4n) is 1.65. The predicted octanol–water partition coefficient (Wildman–Crippen LogP) is 2.78. The lowest BCUT2D eigenvalue weighted by atomic mass is 10.1. The number of nitrogens with zero attached hydrogens (tertiary/aromatic N) is 1. The van der Waals surface area contributed by atoms with Gasteiger partial charge in [-0.15, -0.1) is 0 Å². The van der Waals surface area contributed by atoms with Crippen LogP contribution in [0.3, 0.4) is 0 Å². The summed E-state index contributed by atoms with van der Waals surface area (Å²) in [6.07, 6.45) is 5.92. The van der Waals surface area contributed by atoms with Gasteiger partial charge in [-0.3, -0.25) is 9.78 Å². The molecule has 0 aliphatic carbocycles. The number of benzene rings is 1. The standard InChI is InChI=1S/C15H13NO3/c1-19-14-9-11(8-12(10-17)15(14)18)5-6-13-4-2-3-7-16-13/h2-10,18H,1H3/b6-5+. The summed E-state index contributed by atoms with van der Waals surface area (Å²) in [7, 11) is 1.44. The molecule has 0 aliphatic heterocycles. The minimum absolute atomic E-state index is 0.146. The molecule has 0 saturated carbocycles. The van der Waals surface area contributed by atoms with Gasteiger partial charge in [-0.2, -0.15) is 0 Å². The highest BCUT2D eigenvalue weighted by atomic mass is 16.5. The highest BCUT2D eigenvalue weighted by molar-refractivity contribution is 5.83. The molecule has 0 fully saturated rings. The zero-order chi connectivity index (χ0) is 13.7. The number of hydrogen-bond acceptors (Lipinski definition) is 4. The van der Waals surface area contributed by atoms with Crippen LogP contribution in [0.2, 0.25) is 0 Å². The first-order valence-electron chi connectivity index (χ1n) is 5.70. The van der Waals surface area contributed by atoms with Crippen molar-refractivity contribution in [2.75, 3.05) is 7.11 Å². The van der Waals surface area contributed by atoms with Crippen molar-refractivity contribution >= 4 is 18.4 Å². The fraction of sp³-hybridized carbons (Fsp3) is 0.0667. The van der Waals surface area contributed by atoms with Crippen molar-refractivity contribution in [2.45, 2.75) is 0 Å². The smallest absolute Gasteiger partial charge is 0.168 e. The van der Waals surface area contributed by atoms with E-state index in [4.69, 9.17) is 4.74 Å². The van der Waals surface area contributed by atoms with Gasteiger partial charge in [0, 0.05) is 6.20 Å². The van der Waals surface area contributed by atoms with E-state index in [9.17, 15) is 9.90 Å². The molecule has 1 aromatic heterocycles. The van der Waals surface area contributed by atoms with Gasteiger partial charge >= 0.3 is 0 Å². The number of rotatable bonds is 4. The quantitative estimate of drug-likeness (QED) is 0.853. The van der Waals surface area contributed by atoms with Crippen molar-refractivity contribution in [1.82, 2.24) is 4.98 Å². The van der Waals surface area contributed by atoms with Gasteiger partial charge in [0.2, 0.25) is 0 Å². The molecule has 2 rings (SSSR count). The summed E-state index contributed by atoms with van der Waals surface area (Å²) in [4.78, 5) is 15.0. The Balaban J connectivity index is 2.35. The van der Waals surface area contributed by atoms with Gasteiger partial charge in [0.15, 0.2) is 17.8 Å². The summed E-state index contributed by atoms with van der Waals surface area (Å²) in [5, 5.41) is 9.71. The molecule has 0 radical (unpaired) electrons. The zero-order valence-corrected chi connectivity index (χ0v) is 10.4. The molecule has 0 atom stereocenters. The lowest BCUT2D eigenvalue weighted by molar-refractivity contribution is 0.112. The average Bonchev–Trinajstić information content (AvgIpc) is 2.47. The van der Waals surface area contributed by atoms with Crippen molar-refractivity contribution in [3.8, 4) is 11.5 Å². The van der Waals surface area contributed by atoms with E-state index in [1.165, 1.54) is 7.11 Å². The minimum Gasteiger partial charge on any atom is -0.504 e. The maximum absolute atomic E-state index is 10.9. The average molecular weight is 255 g/mol. The molecule has 0 aliphatic rings. The van der Waals surface area contributed by atoms with E-state index < -0.39 is 0 Å². The van der Waals surface area contributed by atoms with Crippen LogP contribution in [-0.2, 0) is 0 Å². The van der Waals surface area contributed by atoms with Crippen molar-refractivity contribution in [3.05, 3.63) is 53.3 Å². The number of aromatic nitrogens is 1. The first kappa shape index (κ1) is 12.8.